The van der Waals surface area contributed by atoms with E-state index in [1.807, 2.05) is 43.3 Å². The largest absolute Gasteiger partial charge is 0.473 e. The van der Waals surface area contributed by atoms with Crippen LogP contribution in [0, 0.1) is 6.92 Å². The molecule has 8 heteroatoms. The topological polar surface area (TPSA) is 106 Å². The van der Waals surface area contributed by atoms with E-state index in [1.54, 1.807) is 17.5 Å². The van der Waals surface area contributed by atoms with E-state index in [0.29, 0.717) is 18.9 Å². The fourth-order valence-corrected chi connectivity index (χ4v) is 2.24. The van der Waals surface area contributed by atoms with Gasteiger partial charge in [-0.15, -0.1) is 0 Å². The van der Waals surface area contributed by atoms with Gasteiger partial charge in [-0.1, -0.05) is 28.1 Å². The predicted octanol–water partition coefficient (Wildman–Crippen LogP) is 1.65. The Kier molecular flexibility index (Phi) is 8.03. The predicted molar refractivity (Wildman–Crippen MR) is 93.4 cm³/mol. The molecule has 2 aromatic rings. The molecule has 0 aliphatic rings. The SMILES string of the molecule is Cc1cccc(OCc2c(Br)cccc2N(C)N)n1.NNC=O. The van der Waals surface area contributed by atoms with Gasteiger partial charge in [0, 0.05) is 28.8 Å². The molecule has 0 spiro atoms. The minimum Gasteiger partial charge on any atom is -0.473 e. The number of carbonyl (C=O) groups excluding carboxylic acids is 1. The summed E-state index contributed by atoms with van der Waals surface area (Å²) in [5, 5.41) is 1.58. The number of anilines is 1. The molecule has 1 amide bonds. The molecule has 0 atom stereocenters. The van der Waals surface area contributed by atoms with Crippen LogP contribution in [-0.4, -0.2) is 18.4 Å². The van der Waals surface area contributed by atoms with Gasteiger partial charge in [0.25, 0.3) is 0 Å². The van der Waals surface area contributed by atoms with Gasteiger partial charge in [0.05, 0.1) is 5.69 Å². The van der Waals surface area contributed by atoms with E-state index in [9.17, 15) is 0 Å². The second-order valence-electron chi connectivity index (χ2n) is 4.54. The second kappa shape index (κ2) is 9.78. The zero-order valence-electron chi connectivity index (χ0n) is 13.0. The van der Waals surface area contributed by atoms with Gasteiger partial charge in [-0.3, -0.25) is 10.2 Å². The number of hydrogen-bond acceptors (Lipinski definition) is 6. The summed E-state index contributed by atoms with van der Waals surface area (Å²) >= 11 is 3.52. The molecule has 1 aromatic carbocycles. The van der Waals surface area contributed by atoms with E-state index in [4.69, 9.17) is 15.4 Å². The number of carbonyl (C=O) groups is 1. The Morgan fingerprint density at radius 3 is 2.57 bits per heavy atom. The van der Waals surface area contributed by atoms with Crippen molar-refractivity contribution in [3.8, 4) is 5.88 Å². The maximum atomic E-state index is 8.94. The molecular weight excluding hydrogens is 362 g/mol. The molecular formula is C15H20BrN5O2. The highest BCUT2D eigenvalue weighted by Crippen LogP contribution is 2.27. The zero-order chi connectivity index (χ0) is 17.2. The van der Waals surface area contributed by atoms with Crippen molar-refractivity contribution in [1.29, 1.82) is 0 Å². The Morgan fingerprint density at radius 2 is 2.00 bits per heavy atom. The van der Waals surface area contributed by atoms with Crippen molar-refractivity contribution in [3.05, 3.63) is 52.1 Å². The van der Waals surface area contributed by atoms with Gasteiger partial charge >= 0.3 is 0 Å². The van der Waals surface area contributed by atoms with E-state index >= 15 is 0 Å². The molecule has 2 rings (SSSR count). The van der Waals surface area contributed by atoms with Crippen LogP contribution >= 0.6 is 15.9 Å². The molecule has 0 fully saturated rings. The molecule has 0 saturated heterocycles. The van der Waals surface area contributed by atoms with E-state index in [-0.39, 0.29) is 0 Å². The minimum atomic E-state index is 0.403. The smallest absolute Gasteiger partial charge is 0.221 e. The number of pyridine rings is 1. The van der Waals surface area contributed by atoms with Gasteiger partial charge in [-0.2, -0.15) is 0 Å². The van der Waals surface area contributed by atoms with Crippen molar-refractivity contribution in [3.63, 3.8) is 0 Å². The number of hydrazine groups is 2. The van der Waals surface area contributed by atoms with Crippen LogP contribution in [0.1, 0.15) is 11.3 Å². The average molecular weight is 382 g/mol. The van der Waals surface area contributed by atoms with E-state index in [0.717, 1.165) is 21.4 Å². The number of hydrogen-bond donors (Lipinski definition) is 3. The molecule has 0 bridgehead atoms. The fourth-order valence-electron chi connectivity index (χ4n) is 1.77. The number of benzene rings is 1. The lowest BCUT2D eigenvalue weighted by Gasteiger charge is -2.18. The first-order chi connectivity index (χ1) is 11.0. The number of nitrogens with two attached hydrogens (primary N) is 2. The lowest BCUT2D eigenvalue weighted by Crippen LogP contribution is -2.26. The molecule has 0 radical (unpaired) electrons. The monoisotopic (exact) mass is 381 g/mol. The highest BCUT2D eigenvalue weighted by molar-refractivity contribution is 9.10. The molecule has 1 aromatic heterocycles. The standard InChI is InChI=1S/C14H16BrN3O.CH4N2O/c1-10-5-3-8-14(17-10)19-9-11-12(15)6-4-7-13(11)18(2)16;2-3-1-4/h3-8H,9,16H2,1-2H3;1H,2H2,(H,3,4). The van der Waals surface area contributed by atoms with E-state index in [2.05, 4.69) is 26.8 Å². The van der Waals surface area contributed by atoms with Gasteiger partial charge in [0.1, 0.15) is 6.61 Å². The van der Waals surface area contributed by atoms with Crippen LogP contribution in [0.3, 0.4) is 0 Å². The van der Waals surface area contributed by atoms with Gasteiger partial charge < -0.3 is 9.75 Å². The number of nitrogens with zero attached hydrogens (tertiary/aromatic N) is 2. The third-order valence-electron chi connectivity index (χ3n) is 2.77. The van der Waals surface area contributed by atoms with Crippen molar-refractivity contribution in [2.75, 3.05) is 12.1 Å². The van der Waals surface area contributed by atoms with Gasteiger partial charge in [-0.25, -0.2) is 16.7 Å². The first-order valence-corrected chi connectivity index (χ1v) is 7.51. The highest BCUT2D eigenvalue weighted by Gasteiger charge is 2.10. The van der Waals surface area contributed by atoms with Crippen molar-refractivity contribution in [1.82, 2.24) is 10.4 Å². The number of aryl methyl sites for hydroxylation is 1. The zero-order valence-corrected chi connectivity index (χ0v) is 14.6. The number of halogens is 1. The van der Waals surface area contributed by atoms with Crippen LogP contribution in [0.4, 0.5) is 5.69 Å². The molecule has 124 valence electrons. The summed E-state index contributed by atoms with van der Waals surface area (Å²) in [4.78, 5) is 13.2. The average Bonchev–Trinajstić information content (AvgIpc) is 2.53. The lowest BCUT2D eigenvalue weighted by molar-refractivity contribution is -0.109. The third-order valence-corrected chi connectivity index (χ3v) is 3.51. The quantitative estimate of drug-likeness (QED) is 0.314. The summed E-state index contributed by atoms with van der Waals surface area (Å²) in [6, 6.07) is 11.6. The fraction of sp³-hybridized carbons (Fsp3) is 0.200. The Hall–Kier alpha value is -2.16. The summed E-state index contributed by atoms with van der Waals surface area (Å²) in [6.07, 6.45) is 0.403. The molecule has 5 N–H and O–H groups in total. The van der Waals surface area contributed by atoms with Crippen LogP contribution in [0.2, 0.25) is 0 Å². The lowest BCUT2D eigenvalue weighted by atomic mass is 10.2. The third kappa shape index (κ3) is 6.23. The van der Waals surface area contributed by atoms with Crippen LogP contribution in [0.25, 0.3) is 0 Å². The van der Waals surface area contributed by atoms with Gasteiger partial charge in [0.2, 0.25) is 12.3 Å². The number of aromatic nitrogens is 1. The van der Waals surface area contributed by atoms with Crippen molar-refractivity contribution >= 4 is 28.0 Å². The molecule has 7 nitrogen and oxygen atoms in total. The van der Waals surface area contributed by atoms with E-state index < -0.39 is 0 Å². The highest BCUT2D eigenvalue weighted by atomic mass is 79.9. The second-order valence-corrected chi connectivity index (χ2v) is 5.39. The molecule has 0 aliphatic carbocycles. The number of ether oxygens (including phenoxy) is 1. The summed E-state index contributed by atoms with van der Waals surface area (Å²) in [5.41, 5.74) is 4.60. The minimum absolute atomic E-state index is 0.403. The van der Waals surface area contributed by atoms with Crippen molar-refractivity contribution < 1.29 is 9.53 Å². The first kappa shape index (κ1) is 18.9. The molecule has 0 aliphatic heterocycles. The summed E-state index contributed by atoms with van der Waals surface area (Å²) in [5.74, 6) is 10.8. The Labute approximate surface area is 143 Å². The van der Waals surface area contributed by atoms with Crippen molar-refractivity contribution in [2.24, 2.45) is 11.7 Å². The summed E-state index contributed by atoms with van der Waals surface area (Å²) in [7, 11) is 1.80. The van der Waals surface area contributed by atoms with E-state index in [1.165, 1.54) is 0 Å². The Morgan fingerprint density at radius 1 is 1.35 bits per heavy atom. The number of amides is 1. The van der Waals surface area contributed by atoms with Gasteiger partial charge in [-0.05, 0) is 25.1 Å². The normalized spacial score (nSPS) is 9.43. The summed E-state index contributed by atoms with van der Waals surface area (Å²) in [6.45, 7) is 2.35. The molecule has 0 saturated carbocycles. The Bertz CT molecular complexity index is 637. The van der Waals surface area contributed by atoms with Gasteiger partial charge in [0.15, 0.2) is 0 Å². The van der Waals surface area contributed by atoms with Crippen LogP contribution < -0.4 is 26.9 Å². The molecule has 23 heavy (non-hydrogen) atoms. The number of nitrogens with one attached hydrogen (secondary N) is 1. The van der Waals surface area contributed by atoms with Crippen LogP contribution in [0.5, 0.6) is 5.88 Å². The molecule has 0 unspecified atom stereocenters. The Balaban J connectivity index is 0.000000593. The first-order valence-electron chi connectivity index (χ1n) is 6.71. The maximum absolute atomic E-state index is 8.94. The van der Waals surface area contributed by atoms with Crippen LogP contribution in [-0.2, 0) is 11.4 Å². The number of rotatable bonds is 5. The maximum Gasteiger partial charge on any atom is 0.221 e. The molecule has 1 heterocycles. The van der Waals surface area contributed by atoms with Crippen molar-refractivity contribution in [2.45, 2.75) is 13.5 Å². The van der Waals surface area contributed by atoms with Crippen LogP contribution in [0.15, 0.2) is 40.9 Å². The summed E-state index contributed by atoms with van der Waals surface area (Å²) < 4.78 is 6.69.